The van der Waals surface area contributed by atoms with E-state index in [0.29, 0.717) is 36.2 Å². The second kappa shape index (κ2) is 8.91. The highest BCUT2D eigenvalue weighted by molar-refractivity contribution is 8.01. The first-order valence-electron chi connectivity index (χ1n) is 8.37. The minimum absolute atomic E-state index is 0.0825. The lowest BCUT2D eigenvalue weighted by atomic mass is 10.2. The first-order chi connectivity index (χ1) is 12.7. The fourth-order valence-electron chi connectivity index (χ4n) is 2.37. The second-order valence-electron chi connectivity index (χ2n) is 5.31. The van der Waals surface area contributed by atoms with Gasteiger partial charge in [-0.1, -0.05) is 23.9 Å². The van der Waals surface area contributed by atoms with Crippen molar-refractivity contribution in [1.82, 2.24) is 4.98 Å². The number of nitrogens with one attached hydrogen (secondary N) is 1. The lowest BCUT2D eigenvalue weighted by Crippen LogP contribution is -2.14. The maximum absolute atomic E-state index is 12.3. The first-order valence-corrected chi connectivity index (χ1v) is 10.2. The normalized spacial score (nSPS) is 10.7. The number of aromatic nitrogens is 1. The Balaban J connectivity index is 1.61. The number of para-hydroxylation sites is 1. The summed E-state index contributed by atoms with van der Waals surface area (Å²) in [5.74, 6) is 1.53. The van der Waals surface area contributed by atoms with Crippen LogP contribution in [0, 0.1) is 0 Å². The maximum Gasteiger partial charge on any atom is 0.234 e. The van der Waals surface area contributed by atoms with E-state index in [1.165, 1.54) is 11.8 Å². The summed E-state index contributed by atoms with van der Waals surface area (Å²) in [5, 5.41) is 2.90. The molecule has 2 aromatic carbocycles. The molecule has 3 rings (SSSR count). The van der Waals surface area contributed by atoms with Crippen molar-refractivity contribution in [2.45, 2.75) is 18.2 Å². The highest BCUT2D eigenvalue weighted by Gasteiger charge is 2.10. The summed E-state index contributed by atoms with van der Waals surface area (Å²) < 4.78 is 13.1. The Labute approximate surface area is 160 Å². The zero-order chi connectivity index (χ0) is 18.4. The van der Waals surface area contributed by atoms with Crippen LogP contribution < -0.4 is 14.8 Å². The number of nitrogens with zero attached hydrogens (tertiary/aromatic N) is 1. The van der Waals surface area contributed by atoms with Crippen LogP contribution in [0.5, 0.6) is 11.5 Å². The molecule has 0 unspecified atom stereocenters. The number of anilines is 1. The molecule has 0 saturated carbocycles. The summed E-state index contributed by atoms with van der Waals surface area (Å²) in [6, 6.07) is 13.4. The molecule has 7 heteroatoms. The van der Waals surface area contributed by atoms with Crippen LogP contribution in [0.25, 0.3) is 10.2 Å². The molecule has 0 fully saturated rings. The highest BCUT2D eigenvalue weighted by Crippen LogP contribution is 2.31. The van der Waals surface area contributed by atoms with Crippen molar-refractivity contribution in [2.24, 2.45) is 0 Å². The Kier molecular flexibility index (Phi) is 6.35. The molecular weight excluding hydrogens is 368 g/mol. The van der Waals surface area contributed by atoms with E-state index in [9.17, 15) is 4.79 Å². The molecule has 1 aromatic heterocycles. The molecule has 136 valence electrons. The van der Waals surface area contributed by atoms with E-state index in [1.54, 1.807) is 17.4 Å². The van der Waals surface area contributed by atoms with Crippen LogP contribution in [0.4, 0.5) is 5.69 Å². The second-order valence-corrected chi connectivity index (χ2v) is 7.57. The monoisotopic (exact) mass is 388 g/mol. The molecule has 0 spiro atoms. The number of thiazole rings is 1. The van der Waals surface area contributed by atoms with Gasteiger partial charge in [-0.05, 0) is 38.1 Å². The van der Waals surface area contributed by atoms with Crippen LogP contribution in [-0.2, 0) is 4.79 Å². The Morgan fingerprint density at radius 3 is 2.65 bits per heavy atom. The Hall–Kier alpha value is -2.25. The number of carbonyl (C=O) groups excluding carboxylic acids is 1. The van der Waals surface area contributed by atoms with Gasteiger partial charge in [0.15, 0.2) is 15.8 Å². The SMILES string of the molecule is CCOc1ccc(NC(=O)CSc2nc3ccccc3s2)cc1OCC. The third kappa shape index (κ3) is 4.68. The van der Waals surface area contributed by atoms with Gasteiger partial charge in [0.1, 0.15) is 0 Å². The van der Waals surface area contributed by atoms with Gasteiger partial charge in [-0.15, -0.1) is 11.3 Å². The lowest BCUT2D eigenvalue weighted by molar-refractivity contribution is -0.113. The summed E-state index contributed by atoms with van der Waals surface area (Å²) in [5.41, 5.74) is 1.65. The van der Waals surface area contributed by atoms with E-state index in [-0.39, 0.29) is 5.91 Å². The van der Waals surface area contributed by atoms with Crippen LogP contribution in [0.2, 0.25) is 0 Å². The number of amides is 1. The molecule has 1 heterocycles. The zero-order valence-electron chi connectivity index (χ0n) is 14.7. The lowest BCUT2D eigenvalue weighted by Gasteiger charge is -2.12. The number of hydrogen-bond acceptors (Lipinski definition) is 6. The van der Waals surface area contributed by atoms with Gasteiger partial charge in [0.05, 0.1) is 29.2 Å². The van der Waals surface area contributed by atoms with Gasteiger partial charge in [0, 0.05) is 11.8 Å². The Morgan fingerprint density at radius 2 is 1.88 bits per heavy atom. The predicted octanol–water partition coefficient (Wildman–Crippen LogP) is 4.82. The highest BCUT2D eigenvalue weighted by atomic mass is 32.2. The average molecular weight is 389 g/mol. The van der Waals surface area contributed by atoms with Gasteiger partial charge in [-0.2, -0.15) is 0 Å². The molecule has 0 atom stereocenters. The summed E-state index contributed by atoms with van der Waals surface area (Å²) in [6.45, 7) is 4.93. The largest absolute Gasteiger partial charge is 0.490 e. The summed E-state index contributed by atoms with van der Waals surface area (Å²) in [6.07, 6.45) is 0. The quantitative estimate of drug-likeness (QED) is 0.560. The fourth-order valence-corrected chi connectivity index (χ4v) is 4.23. The molecule has 3 aromatic rings. The number of thioether (sulfide) groups is 1. The number of benzene rings is 2. The Bertz CT molecular complexity index is 862. The van der Waals surface area contributed by atoms with E-state index >= 15 is 0 Å². The third-order valence-corrected chi connectivity index (χ3v) is 5.61. The molecule has 0 saturated heterocycles. The molecule has 26 heavy (non-hydrogen) atoms. The van der Waals surface area contributed by atoms with Gasteiger partial charge in [0.2, 0.25) is 5.91 Å². The van der Waals surface area contributed by atoms with Crippen LogP contribution >= 0.6 is 23.1 Å². The first kappa shape index (κ1) is 18.5. The summed E-state index contributed by atoms with van der Waals surface area (Å²) in [7, 11) is 0. The van der Waals surface area contributed by atoms with E-state index in [2.05, 4.69) is 10.3 Å². The Morgan fingerprint density at radius 1 is 1.12 bits per heavy atom. The van der Waals surface area contributed by atoms with Crippen molar-refractivity contribution in [2.75, 3.05) is 24.3 Å². The van der Waals surface area contributed by atoms with Gasteiger partial charge in [0.25, 0.3) is 0 Å². The summed E-state index contributed by atoms with van der Waals surface area (Å²) in [4.78, 5) is 16.8. The minimum Gasteiger partial charge on any atom is -0.490 e. The molecular formula is C19H20N2O3S2. The zero-order valence-corrected chi connectivity index (χ0v) is 16.3. The summed E-state index contributed by atoms with van der Waals surface area (Å²) >= 11 is 3.04. The molecule has 0 aliphatic rings. The molecule has 0 aliphatic carbocycles. The van der Waals surface area contributed by atoms with Crippen LogP contribution in [0.1, 0.15) is 13.8 Å². The van der Waals surface area contributed by atoms with Crippen LogP contribution in [-0.4, -0.2) is 29.9 Å². The third-order valence-electron chi connectivity index (χ3n) is 3.43. The smallest absolute Gasteiger partial charge is 0.234 e. The maximum atomic E-state index is 12.3. The van der Waals surface area contributed by atoms with Crippen LogP contribution in [0.3, 0.4) is 0 Å². The topological polar surface area (TPSA) is 60.5 Å². The van der Waals surface area contributed by atoms with E-state index in [0.717, 1.165) is 14.6 Å². The number of fused-ring (bicyclic) bond motifs is 1. The molecule has 1 N–H and O–H groups in total. The average Bonchev–Trinajstić information content (AvgIpc) is 3.05. The van der Waals surface area contributed by atoms with Crippen molar-refractivity contribution in [1.29, 1.82) is 0 Å². The van der Waals surface area contributed by atoms with Crippen molar-refractivity contribution >= 4 is 44.9 Å². The molecule has 0 aliphatic heterocycles. The van der Waals surface area contributed by atoms with Gasteiger partial charge in [-0.25, -0.2) is 4.98 Å². The minimum atomic E-state index is -0.0825. The van der Waals surface area contributed by atoms with Gasteiger partial charge in [-0.3, -0.25) is 4.79 Å². The van der Waals surface area contributed by atoms with E-state index in [1.807, 2.05) is 50.2 Å². The van der Waals surface area contributed by atoms with Crippen molar-refractivity contribution in [3.8, 4) is 11.5 Å². The van der Waals surface area contributed by atoms with Crippen molar-refractivity contribution in [3.05, 3.63) is 42.5 Å². The molecule has 5 nitrogen and oxygen atoms in total. The number of rotatable bonds is 8. The van der Waals surface area contributed by atoms with Crippen LogP contribution in [0.15, 0.2) is 46.8 Å². The molecule has 1 amide bonds. The predicted molar refractivity (Wildman–Crippen MR) is 108 cm³/mol. The van der Waals surface area contributed by atoms with E-state index in [4.69, 9.17) is 9.47 Å². The van der Waals surface area contributed by atoms with Gasteiger partial charge < -0.3 is 14.8 Å². The van der Waals surface area contributed by atoms with Gasteiger partial charge >= 0.3 is 0 Å². The number of carbonyl (C=O) groups is 1. The number of hydrogen-bond donors (Lipinski definition) is 1. The van der Waals surface area contributed by atoms with Crippen molar-refractivity contribution < 1.29 is 14.3 Å². The molecule has 0 bridgehead atoms. The standard InChI is InChI=1S/C19H20N2O3S2/c1-3-23-15-10-9-13(11-16(15)24-4-2)20-18(22)12-25-19-21-14-7-5-6-8-17(14)26-19/h5-11H,3-4,12H2,1-2H3,(H,20,22). The van der Waals surface area contributed by atoms with E-state index < -0.39 is 0 Å². The molecule has 0 radical (unpaired) electrons. The van der Waals surface area contributed by atoms with Crippen molar-refractivity contribution in [3.63, 3.8) is 0 Å². The number of ether oxygens (including phenoxy) is 2. The fraction of sp³-hybridized carbons (Fsp3) is 0.263.